The molecular formula is C61H89N14O18S2-. The normalized spacial score (nSPS) is 24.6. The molecule has 32 nitrogen and oxygen atoms in total. The van der Waals surface area contributed by atoms with E-state index in [2.05, 4.69) is 58.0 Å². The summed E-state index contributed by atoms with van der Waals surface area (Å²) in [6, 6.07) is -4.57. The molecule has 11 atom stereocenters. The molecule has 524 valence electrons. The molecule has 4 rings (SSSR count). The summed E-state index contributed by atoms with van der Waals surface area (Å²) in [5, 5.41) is 71.5. The summed E-state index contributed by atoms with van der Waals surface area (Å²) in [6.45, 7) is 8.23. The van der Waals surface area contributed by atoms with Crippen LogP contribution >= 0.6 is 23.5 Å². The molecular weight excluding hydrogens is 1280 g/mol. The number of thioether (sulfide) groups is 2. The van der Waals surface area contributed by atoms with Crippen LogP contribution in [0.15, 0.2) is 47.6 Å². The standard InChI is InChI=1S/C61H90N14O18S2/c1-6-33(4)50-59(90)75-51(34(5)76)60(91)71-42(24-35-13-15-38(77)16-14-35)55(86)69-43(25-48(79)80)56(87)72-45(52(62)83)30-94-28-36-21-37-23-39(22-36)92-18-9-7-8-10-19-93-66-27-47(78)67-40(12-11-17-65-61(63)64)53(84)73-46(31-95-29-37)58(89)68-41(20-32(2)3)54(85)70-44(26-49(81)82)57(88)74-50/h13-16,21-23,27,32-34,40-46,50-51,76-77H,6-12,17-20,24-26,28-31H2,1-5H3,(H2,62,83)(H,67,78)(H,68,89)(H,69,86)(H,70,85)(H,71,91)(H,72,87)(H,73,84)(H,74,88)(H,75,90)(H,79,80)(H,81,82)(H4,63,64,65)/p-1/b66-27+/t33-,34+,40-,41-,42-,43-,44-,45-,46-,50-,51-/m0/s1. The average molecular weight is 1370 g/mol. The number of carbonyl (C=O) groups is 12. The number of carbonyl (C=O) groups excluding carboxylic acids is 12. The van der Waals surface area contributed by atoms with Crippen molar-refractivity contribution in [1.82, 2.24) is 47.9 Å². The number of oxime groups is 1. The highest BCUT2D eigenvalue weighted by molar-refractivity contribution is 7.98. The topological polar surface area (TPSA) is 523 Å². The second-order valence-electron chi connectivity index (χ2n) is 23.5. The van der Waals surface area contributed by atoms with Gasteiger partial charge < -0.3 is 93.2 Å². The van der Waals surface area contributed by atoms with Crippen LogP contribution in [0.5, 0.6) is 11.5 Å². The zero-order valence-electron chi connectivity index (χ0n) is 53.7. The zero-order valence-corrected chi connectivity index (χ0v) is 55.3. The first kappa shape index (κ1) is 78.5. The molecule has 0 spiro atoms. The predicted octanol–water partition coefficient (Wildman–Crippen LogP) is -6.19. The van der Waals surface area contributed by atoms with Crippen molar-refractivity contribution in [3.63, 3.8) is 0 Å². The van der Waals surface area contributed by atoms with E-state index in [0.29, 0.717) is 41.7 Å². The lowest BCUT2D eigenvalue weighted by Gasteiger charge is -2.31. The number of aliphatic carboxylic acids is 2. The first-order chi connectivity index (χ1) is 45.0. The van der Waals surface area contributed by atoms with E-state index in [0.717, 1.165) is 43.1 Å². The second kappa shape index (κ2) is 40.4. The van der Waals surface area contributed by atoms with Gasteiger partial charge in [0.05, 0.1) is 19.3 Å². The smallest absolute Gasteiger partial charge is 0.338 e. The fraction of sp³-hybridized carbons (Fsp3) is 0.574. The Balaban J connectivity index is 1.90. The molecule has 18 N–H and O–H groups in total. The van der Waals surface area contributed by atoms with Gasteiger partial charge in [0.1, 0.15) is 78.7 Å². The molecule has 0 radical (unpaired) electrons. The Hall–Kier alpha value is -8.92. The van der Waals surface area contributed by atoms with Gasteiger partial charge in [-0.2, -0.15) is 23.5 Å². The lowest BCUT2D eigenvalue weighted by atomic mass is 9.96. The number of fused-ring (bicyclic) bond motifs is 5. The maximum absolute atomic E-state index is 14.8. The Morgan fingerprint density at radius 1 is 0.642 bits per heavy atom. The number of aliphatic hydroxyl groups is 1. The van der Waals surface area contributed by atoms with Crippen molar-refractivity contribution in [1.29, 1.82) is 0 Å². The summed E-state index contributed by atoms with van der Waals surface area (Å²) in [5.41, 5.74) is 18.5. The Bertz CT molecular complexity index is 3050. The van der Waals surface area contributed by atoms with Gasteiger partial charge >= 0.3 is 5.96 Å². The molecule has 2 aromatic carbocycles. The summed E-state index contributed by atoms with van der Waals surface area (Å²) in [5.74, 6) is -15.5. The Morgan fingerprint density at radius 2 is 1.18 bits per heavy atom. The lowest BCUT2D eigenvalue weighted by Crippen LogP contribution is -2.78. The first-order valence-electron chi connectivity index (χ1n) is 31.1. The zero-order chi connectivity index (χ0) is 70.3. The summed E-state index contributed by atoms with van der Waals surface area (Å²) in [7, 11) is 0. The van der Waals surface area contributed by atoms with Crippen LogP contribution in [-0.4, -0.2) is 185 Å². The van der Waals surface area contributed by atoms with E-state index in [-0.39, 0.29) is 86.1 Å². The van der Waals surface area contributed by atoms with Crippen LogP contribution in [0.25, 0.3) is 0 Å². The molecule has 0 aromatic heterocycles. The third-order valence-corrected chi connectivity index (χ3v) is 17.1. The van der Waals surface area contributed by atoms with Crippen LogP contribution < -0.4 is 85.0 Å². The van der Waals surface area contributed by atoms with Crippen LogP contribution in [-0.2, 0) is 80.3 Å². The Labute approximate surface area is 558 Å². The monoisotopic (exact) mass is 1370 g/mol. The van der Waals surface area contributed by atoms with Crippen molar-refractivity contribution < 1.29 is 92.5 Å². The summed E-state index contributed by atoms with van der Waals surface area (Å²) < 4.78 is 6.22. The number of guanidine groups is 1. The van der Waals surface area contributed by atoms with E-state index >= 15 is 0 Å². The second-order valence-corrected chi connectivity index (χ2v) is 25.5. The lowest BCUT2D eigenvalue weighted by molar-refractivity contribution is -0.459. The minimum Gasteiger partial charge on any atom is -0.550 e. The Kier molecular flexibility index (Phi) is 33.4. The van der Waals surface area contributed by atoms with Gasteiger partial charge in [0, 0.05) is 54.2 Å². The van der Waals surface area contributed by atoms with Crippen LogP contribution in [0.1, 0.15) is 116 Å². The van der Waals surface area contributed by atoms with Gasteiger partial charge in [-0.05, 0) is 105 Å². The highest BCUT2D eigenvalue weighted by Gasteiger charge is 2.38. The highest BCUT2D eigenvalue weighted by Crippen LogP contribution is 2.26. The van der Waals surface area contributed by atoms with E-state index < -0.39 is 157 Å². The number of rotatable bonds is 16. The summed E-state index contributed by atoms with van der Waals surface area (Å²) >= 11 is 2.28. The molecule has 0 aliphatic carbocycles. The number of phenolic OH excluding ortho intramolecular Hbond substituents is 1. The van der Waals surface area contributed by atoms with Crippen LogP contribution in [0.3, 0.4) is 0 Å². The number of hydrogen-bond donors (Lipinski definition) is 15. The van der Waals surface area contributed by atoms with E-state index in [1.54, 1.807) is 39.0 Å². The summed E-state index contributed by atoms with van der Waals surface area (Å²) in [6.07, 6.45) is -0.852. The number of phenols is 1. The van der Waals surface area contributed by atoms with Crippen molar-refractivity contribution in [3.05, 3.63) is 59.2 Å². The molecule has 2 aromatic rings. The van der Waals surface area contributed by atoms with Gasteiger partial charge in [-0.1, -0.05) is 57.5 Å². The molecule has 0 saturated carbocycles. The Morgan fingerprint density at radius 3 is 1.76 bits per heavy atom. The van der Waals surface area contributed by atoms with Crippen molar-refractivity contribution in [2.45, 2.75) is 177 Å². The maximum Gasteiger partial charge on any atom is 0.338 e. The van der Waals surface area contributed by atoms with Gasteiger partial charge in [0.25, 0.3) is 5.91 Å². The van der Waals surface area contributed by atoms with Crippen LogP contribution in [0.4, 0.5) is 0 Å². The van der Waals surface area contributed by atoms with Crippen LogP contribution in [0.2, 0.25) is 0 Å². The van der Waals surface area contributed by atoms with Crippen LogP contribution in [0, 0.1) is 11.8 Å². The van der Waals surface area contributed by atoms with Crippen molar-refractivity contribution in [2.24, 2.45) is 34.2 Å². The molecule has 34 heteroatoms. The predicted molar refractivity (Wildman–Crippen MR) is 344 cm³/mol. The van der Waals surface area contributed by atoms with E-state index in [1.807, 2.05) is 0 Å². The highest BCUT2D eigenvalue weighted by atomic mass is 32.2. The fourth-order valence-electron chi connectivity index (χ4n) is 9.67. The molecule has 95 heavy (non-hydrogen) atoms. The first-order valence-corrected chi connectivity index (χ1v) is 33.4. The number of carboxylic acids is 2. The minimum atomic E-state index is -2.00. The van der Waals surface area contributed by atoms with E-state index in [9.17, 15) is 78.0 Å². The van der Waals surface area contributed by atoms with Gasteiger partial charge in [-0.25, -0.2) is 0 Å². The number of nitrogens with zero attached hydrogens (tertiary/aromatic N) is 1. The van der Waals surface area contributed by atoms with E-state index in [4.69, 9.17) is 26.8 Å². The molecule has 10 amide bonds. The molecule has 4 bridgehead atoms. The molecule has 0 saturated heterocycles. The number of aromatic hydroxyl groups is 1. The quantitative estimate of drug-likeness (QED) is 0.0422. The van der Waals surface area contributed by atoms with E-state index in [1.165, 1.54) is 31.2 Å². The molecule has 2 aliphatic rings. The largest absolute Gasteiger partial charge is 0.550 e. The number of hydrogen-bond acceptors (Lipinski definition) is 21. The molecule has 0 fully saturated rings. The number of carboxylic acid groups (broad SMARTS) is 2. The SMILES string of the molecule is CC[C@H](C)[C@@H]1NC(=O)[C@H](CC(=O)[O-])NC(=O)[C@H](CC(C)C)NC(=O)[C@@H]2CSCc3cc(cc(c3)OCCCCCCO/N=C/C(=O)N[C@@H](CCC[NH+]=C(N)N)C(=O)N2)CSC[C@@H](C(N)=O)NC(=O)[C@H](CC(=O)[O-])NC(=O)[C@H](Cc2ccc(O)cc2)NC(=O)[C@H]([C@@H](C)O)NC1=O. The molecule has 2 heterocycles. The number of nitrogens with two attached hydrogens (primary N) is 3. The minimum absolute atomic E-state index is 0.0327. The number of ether oxygens (including phenoxy) is 1. The summed E-state index contributed by atoms with van der Waals surface area (Å²) in [4.78, 5) is 174. The van der Waals surface area contributed by atoms with Gasteiger partial charge in [-0.3, -0.25) is 64.4 Å². The fourth-order valence-corrected chi connectivity index (χ4v) is 11.7. The number of nitrogens with one attached hydrogen (secondary N) is 10. The molecule has 0 unspecified atom stereocenters. The third-order valence-electron chi connectivity index (χ3n) is 14.9. The van der Waals surface area contributed by atoms with Gasteiger partial charge in [0.15, 0.2) is 0 Å². The number of primary amides is 1. The van der Waals surface area contributed by atoms with Crippen molar-refractivity contribution >= 4 is 107 Å². The number of amides is 10. The number of benzene rings is 2. The molecule has 2 aliphatic heterocycles. The maximum atomic E-state index is 14.8. The van der Waals surface area contributed by atoms with Crippen molar-refractivity contribution in [3.8, 4) is 11.5 Å². The van der Waals surface area contributed by atoms with Gasteiger partial charge in [0.2, 0.25) is 53.2 Å². The number of aliphatic hydroxyl groups excluding tert-OH is 1. The van der Waals surface area contributed by atoms with Crippen molar-refractivity contribution in [2.75, 3.05) is 31.3 Å². The van der Waals surface area contributed by atoms with Gasteiger partial charge in [-0.15, -0.1) is 0 Å². The average Bonchev–Trinajstić information content (AvgIpc) is 1.01. The third kappa shape index (κ3) is 28.7.